The molecule has 0 aromatic heterocycles. The predicted molar refractivity (Wildman–Crippen MR) is 87.3 cm³/mol. The molecule has 24 heavy (non-hydrogen) atoms. The third-order valence-electron chi connectivity index (χ3n) is 2.79. The second kappa shape index (κ2) is 10.1. The summed E-state index contributed by atoms with van der Waals surface area (Å²) in [5.41, 5.74) is 0.405. The fourth-order valence-electron chi connectivity index (χ4n) is 1.98. The number of nitrogens with zero attached hydrogens (tertiary/aromatic N) is 1. The molecule has 0 fully saturated rings. The Hall–Kier alpha value is -2.70. The van der Waals surface area contributed by atoms with E-state index < -0.39 is 11.9 Å². The van der Waals surface area contributed by atoms with E-state index in [0.29, 0.717) is 17.7 Å². The van der Waals surface area contributed by atoms with Crippen molar-refractivity contribution in [2.75, 3.05) is 0 Å². The van der Waals surface area contributed by atoms with Gasteiger partial charge in [0.05, 0.1) is 0 Å². The number of rotatable bonds is 5. The minimum absolute atomic E-state index is 0.107. The third-order valence-corrected chi connectivity index (χ3v) is 2.79. The monoisotopic (exact) mass is 339 g/mol. The van der Waals surface area contributed by atoms with Gasteiger partial charge in [0.15, 0.2) is 0 Å². The molecule has 0 heterocycles. The average molecular weight is 339 g/mol. The SMILES string of the molecule is CC(C)N(C(=O)c1cccc(F)c1)C(C)C.O=C(O)/C=C/C(=O)O. The minimum atomic E-state index is -1.26. The summed E-state index contributed by atoms with van der Waals surface area (Å²) in [6, 6.07) is 6.03. The van der Waals surface area contributed by atoms with Gasteiger partial charge in [0.25, 0.3) is 5.91 Å². The highest BCUT2D eigenvalue weighted by Crippen LogP contribution is 2.13. The van der Waals surface area contributed by atoms with Crippen molar-refractivity contribution in [2.24, 2.45) is 0 Å². The highest BCUT2D eigenvalue weighted by molar-refractivity contribution is 5.94. The van der Waals surface area contributed by atoms with Crippen molar-refractivity contribution in [3.05, 3.63) is 47.8 Å². The normalized spacial score (nSPS) is 10.5. The Balaban J connectivity index is 0.000000561. The lowest BCUT2D eigenvalue weighted by Gasteiger charge is -2.30. The summed E-state index contributed by atoms with van der Waals surface area (Å²) in [4.78, 5) is 33.0. The maximum atomic E-state index is 13.0. The van der Waals surface area contributed by atoms with E-state index in [2.05, 4.69) is 0 Å². The topological polar surface area (TPSA) is 94.9 Å². The van der Waals surface area contributed by atoms with Gasteiger partial charge >= 0.3 is 11.9 Å². The van der Waals surface area contributed by atoms with E-state index in [9.17, 15) is 18.8 Å². The zero-order valence-corrected chi connectivity index (χ0v) is 14.1. The quantitative estimate of drug-likeness (QED) is 0.804. The van der Waals surface area contributed by atoms with Crippen LogP contribution in [0, 0.1) is 5.82 Å². The summed E-state index contributed by atoms with van der Waals surface area (Å²) in [6.45, 7) is 7.82. The zero-order chi connectivity index (χ0) is 18.9. The van der Waals surface area contributed by atoms with Gasteiger partial charge in [-0.15, -0.1) is 0 Å². The number of carbonyl (C=O) groups is 3. The Kier molecular flexibility index (Phi) is 9.00. The molecule has 0 aliphatic carbocycles. The van der Waals surface area contributed by atoms with Crippen molar-refractivity contribution in [3.63, 3.8) is 0 Å². The molecule has 0 unspecified atom stereocenters. The van der Waals surface area contributed by atoms with Gasteiger partial charge in [-0.1, -0.05) is 6.07 Å². The summed E-state index contributed by atoms with van der Waals surface area (Å²) in [5, 5.41) is 15.6. The summed E-state index contributed by atoms with van der Waals surface area (Å²) in [7, 11) is 0. The van der Waals surface area contributed by atoms with Crippen LogP contribution >= 0.6 is 0 Å². The average Bonchev–Trinajstić information content (AvgIpc) is 2.45. The second-order valence-corrected chi connectivity index (χ2v) is 5.42. The second-order valence-electron chi connectivity index (χ2n) is 5.42. The van der Waals surface area contributed by atoms with Crippen molar-refractivity contribution >= 4 is 17.8 Å². The minimum Gasteiger partial charge on any atom is -0.478 e. The van der Waals surface area contributed by atoms with Crippen LogP contribution in [0.1, 0.15) is 38.1 Å². The molecule has 1 amide bonds. The Morgan fingerprint density at radius 2 is 1.46 bits per heavy atom. The Morgan fingerprint density at radius 1 is 1.00 bits per heavy atom. The smallest absolute Gasteiger partial charge is 0.328 e. The van der Waals surface area contributed by atoms with E-state index in [-0.39, 0.29) is 23.8 Å². The van der Waals surface area contributed by atoms with Crippen LogP contribution in [0.2, 0.25) is 0 Å². The molecule has 1 aromatic rings. The number of halogens is 1. The number of carboxylic acid groups (broad SMARTS) is 2. The maximum Gasteiger partial charge on any atom is 0.328 e. The van der Waals surface area contributed by atoms with Gasteiger partial charge in [0.1, 0.15) is 5.82 Å². The van der Waals surface area contributed by atoms with Gasteiger partial charge in [-0.05, 0) is 45.9 Å². The molecule has 0 saturated carbocycles. The molecular weight excluding hydrogens is 317 g/mol. The Bertz CT molecular complexity index is 587. The molecule has 2 N–H and O–H groups in total. The lowest BCUT2D eigenvalue weighted by atomic mass is 10.1. The summed E-state index contributed by atoms with van der Waals surface area (Å²) in [6.07, 6.45) is 1.12. The number of amides is 1. The molecule has 1 aromatic carbocycles. The molecule has 6 nitrogen and oxygen atoms in total. The molecule has 0 aliphatic rings. The molecule has 132 valence electrons. The maximum absolute atomic E-state index is 13.0. The molecule has 7 heteroatoms. The van der Waals surface area contributed by atoms with Gasteiger partial charge in [-0.3, -0.25) is 4.79 Å². The van der Waals surface area contributed by atoms with Crippen molar-refractivity contribution in [1.29, 1.82) is 0 Å². The molecular formula is C17H22FNO5. The summed E-state index contributed by atoms with van der Waals surface area (Å²) in [5.74, 6) is -3.01. The Labute approximate surface area is 140 Å². The van der Waals surface area contributed by atoms with Crippen LogP contribution in [-0.4, -0.2) is 45.0 Å². The standard InChI is InChI=1S/C13H18FNO.C4H4O4/c1-9(2)15(10(3)4)13(16)11-6-5-7-12(14)8-11;5-3(6)1-2-4(7)8/h5-10H,1-4H3;1-2H,(H,5,6)(H,7,8)/b;2-1+. The predicted octanol–water partition coefficient (Wildman–Crippen LogP) is 2.80. The van der Waals surface area contributed by atoms with Crippen LogP contribution in [0.5, 0.6) is 0 Å². The first-order valence-electron chi connectivity index (χ1n) is 7.28. The van der Waals surface area contributed by atoms with Crippen molar-refractivity contribution < 1.29 is 29.0 Å². The number of hydrogen-bond acceptors (Lipinski definition) is 3. The molecule has 0 spiro atoms. The van der Waals surface area contributed by atoms with E-state index in [1.165, 1.54) is 12.1 Å². The molecule has 0 atom stereocenters. The molecule has 0 bridgehead atoms. The summed E-state index contributed by atoms with van der Waals surface area (Å²) >= 11 is 0. The van der Waals surface area contributed by atoms with Crippen LogP contribution in [0.25, 0.3) is 0 Å². The van der Waals surface area contributed by atoms with Crippen molar-refractivity contribution in [1.82, 2.24) is 4.90 Å². The lowest BCUT2D eigenvalue weighted by molar-refractivity contribution is -0.134. The van der Waals surface area contributed by atoms with E-state index in [1.54, 1.807) is 17.0 Å². The van der Waals surface area contributed by atoms with Crippen LogP contribution in [0.4, 0.5) is 4.39 Å². The van der Waals surface area contributed by atoms with Crippen LogP contribution in [0.3, 0.4) is 0 Å². The lowest BCUT2D eigenvalue weighted by Crippen LogP contribution is -2.42. The van der Waals surface area contributed by atoms with E-state index >= 15 is 0 Å². The number of carboxylic acids is 2. The van der Waals surface area contributed by atoms with Gasteiger partial charge in [0, 0.05) is 29.8 Å². The van der Waals surface area contributed by atoms with Gasteiger partial charge in [-0.2, -0.15) is 0 Å². The first-order valence-corrected chi connectivity index (χ1v) is 7.28. The zero-order valence-electron chi connectivity index (χ0n) is 14.1. The number of aliphatic carboxylic acids is 2. The fraction of sp³-hybridized carbons (Fsp3) is 0.353. The molecule has 0 radical (unpaired) electrons. The highest BCUT2D eigenvalue weighted by Gasteiger charge is 2.21. The molecule has 1 rings (SSSR count). The largest absolute Gasteiger partial charge is 0.478 e. The molecule has 0 aliphatic heterocycles. The van der Waals surface area contributed by atoms with Gasteiger partial charge < -0.3 is 15.1 Å². The Morgan fingerprint density at radius 3 is 1.79 bits per heavy atom. The fourth-order valence-corrected chi connectivity index (χ4v) is 1.98. The van der Waals surface area contributed by atoms with Crippen LogP contribution in [0.15, 0.2) is 36.4 Å². The molecule has 0 saturated heterocycles. The summed E-state index contributed by atoms with van der Waals surface area (Å²) < 4.78 is 13.0. The first kappa shape index (κ1) is 21.3. The van der Waals surface area contributed by atoms with Crippen molar-refractivity contribution in [2.45, 2.75) is 39.8 Å². The van der Waals surface area contributed by atoms with E-state index in [1.807, 2.05) is 27.7 Å². The van der Waals surface area contributed by atoms with Crippen LogP contribution < -0.4 is 0 Å². The number of carbonyl (C=O) groups excluding carboxylic acids is 1. The van der Waals surface area contributed by atoms with Gasteiger partial charge in [-0.25, -0.2) is 14.0 Å². The van der Waals surface area contributed by atoms with Gasteiger partial charge in [0.2, 0.25) is 0 Å². The van der Waals surface area contributed by atoms with Crippen molar-refractivity contribution in [3.8, 4) is 0 Å². The number of benzene rings is 1. The first-order chi connectivity index (χ1) is 11.1. The third kappa shape index (κ3) is 8.07. The van der Waals surface area contributed by atoms with E-state index in [4.69, 9.17) is 10.2 Å². The highest BCUT2D eigenvalue weighted by atomic mass is 19.1. The van der Waals surface area contributed by atoms with Crippen LogP contribution in [-0.2, 0) is 9.59 Å². The number of hydrogen-bond donors (Lipinski definition) is 2. The van der Waals surface area contributed by atoms with E-state index in [0.717, 1.165) is 0 Å².